The van der Waals surface area contributed by atoms with Crippen LogP contribution in [0.15, 0.2) is 47.8 Å². The zero-order valence-electron chi connectivity index (χ0n) is 14.0. The predicted molar refractivity (Wildman–Crippen MR) is 101 cm³/mol. The molecule has 1 aromatic heterocycles. The Morgan fingerprint density at radius 3 is 2.63 bits per heavy atom. The van der Waals surface area contributed by atoms with E-state index in [1.54, 1.807) is 24.3 Å². The van der Waals surface area contributed by atoms with Crippen LogP contribution in [0.5, 0.6) is 5.75 Å². The zero-order chi connectivity index (χ0) is 19.4. The number of thiazole rings is 1. The molecule has 0 aliphatic carbocycles. The van der Waals surface area contributed by atoms with E-state index < -0.39 is 10.9 Å². The van der Waals surface area contributed by atoms with Crippen LogP contribution < -0.4 is 4.74 Å². The minimum atomic E-state index is -0.520. The highest BCUT2D eigenvalue weighted by atomic mass is 35.5. The molecule has 3 rings (SSSR count). The third-order valence-electron chi connectivity index (χ3n) is 3.61. The molecule has 0 saturated carbocycles. The van der Waals surface area contributed by atoms with E-state index in [2.05, 4.69) is 9.72 Å². The molecule has 0 unspecified atom stereocenters. The van der Waals surface area contributed by atoms with Gasteiger partial charge in [-0.3, -0.25) is 10.1 Å². The Labute approximate surface area is 163 Å². The van der Waals surface area contributed by atoms with E-state index in [9.17, 15) is 14.9 Å². The molecule has 0 aliphatic heterocycles. The second-order valence-corrected chi connectivity index (χ2v) is 6.64. The number of hydrogen-bond acceptors (Lipinski definition) is 7. The number of nitro groups is 1. The molecule has 0 bridgehead atoms. The number of non-ortho nitro benzene ring substituents is 1. The van der Waals surface area contributed by atoms with E-state index in [1.807, 2.05) is 5.38 Å². The van der Waals surface area contributed by atoms with E-state index >= 15 is 0 Å². The van der Waals surface area contributed by atoms with Crippen LogP contribution in [0.2, 0.25) is 5.02 Å². The highest BCUT2D eigenvalue weighted by Gasteiger charge is 2.12. The van der Waals surface area contributed by atoms with Gasteiger partial charge >= 0.3 is 5.97 Å². The maximum Gasteiger partial charge on any atom is 0.337 e. The van der Waals surface area contributed by atoms with Crippen LogP contribution in [0, 0.1) is 10.1 Å². The van der Waals surface area contributed by atoms with Crippen molar-refractivity contribution in [1.29, 1.82) is 0 Å². The summed E-state index contributed by atoms with van der Waals surface area (Å²) in [6.45, 7) is 0.175. The third kappa shape index (κ3) is 4.42. The Morgan fingerprint density at radius 2 is 2.00 bits per heavy atom. The van der Waals surface area contributed by atoms with Gasteiger partial charge in [-0.15, -0.1) is 11.3 Å². The molecule has 0 atom stereocenters. The van der Waals surface area contributed by atoms with E-state index in [4.69, 9.17) is 16.3 Å². The van der Waals surface area contributed by atoms with Gasteiger partial charge in [0.2, 0.25) is 0 Å². The molecule has 2 aromatic carbocycles. The van der Waals surface area contributed by atoms with E-state index in [1.165, 1.54) is 36.6 Å². The summed E-state index contributed by atoms with van der Waals surface area (Å²) >= 11 is 7.45. The van der Waals surface area contributed by atoms with Crippen molar-refractivity contribution in [1.82, 2.24) is 4.98 Å². The quantitative estimate of drug-likeness (QED) is 0.335. The van der Waals surface area contributed by atoms with Gasteiger partial charge in [0.15, 0.2) is 0 Å². The number of aromatic nitrogens is 1. The van der Waals surface area contributed by atoms with Crippen LogP contribution in [0.4, 0.5) is 5.69 Å². The molecular weight excluding hydrogens is 392 g/mol. The van der Waals surface area contributed by atoms with Crippen LogP contribution in [-0.2, 0) is 11.3 Å². The topological polar surface area (TPSA) is 91.6 Å². The number of carbonyl (C=O) groups is 1. The fourth-order valence-corrected chi connectivity index (χ4v) is 3.28. The van der Waals surface area contributed by atoms with Gasteiger partial charge in [0.25, 0.3) is 5.69 Å². The molecular formula is C18H13ClN2O5S. The Balaban J connectivity index is 1.68. The van der Waals surface area contributed by atoms with Crippen molar-refractivity contribution < 1.29 is 19.2 Å². The van der Waals surface area contributed by atoms with Crippen LogP contribution in [0.25, 0.3) is 10.6 Å². The van der Waals surface area contributed by atoms with Crippen LogP contribution >= 0.6 is 22.9 Å². The van der Waals surface area contributed by atoms with Crippen LogP contribution in [0.1, 0.15) is 16.1 Å². The summed E-state index contributed by atoms with van der Waals surface area (Å²) in [6, 6.07) is 11.0. The molecule has 1 heterocycles. The van der Waals surface area contributed by atoms with Gasteiger partial charge in [-0.2, -0.15) is 0 Å². The molecule has 0 N–H and O–H groups in total. The first kappa shape index (κ1) is 18.8. The number of esters is 1. The molecule has 0 aliphatic rings. The number of ether oxygens (including phenoxy) is 2. The molecule has 7 nitrogen and oxygen atoms in total. The molecule has 138 valence electrons. The molecule has 9 heteroatoms. The predicted octanol–water partition coefficient (Wildman–Crippen LogP) is 4.74. The summed E-state index contributed by atoms with van der Waals surface area (Å²) in [6.07, 6.45) is 0. The summed E-state index contributed by atoms with van der Waals surface area (Å²) in [4.78, 5) is 26.2. The van der Waals surface area contributed by atoms with Crippen LogP contribution in [0.3, 0.4) is 0 Å². The fraction of sp³-hybridized carbons (Fsp3) is 0.111. The maximum atomic E-state index is 11.5. The highest BCUT2D eigenvalue weighted by Crippen LogP contribution is 2.30. The number of rotatable bonds is 6. The van der Waals surface area contributed by atoms with Crippen molar-refractivity contribution in [2.24, 2.45) is 0 Å². The van der Waals surface area contributed by atoms with Crippen LogP contribution in [-0.4, -0.2) is 23.0 Å². The van der Waals surface area contributed by atoms with Gasteiger partial charge < -0.3 is 9.47 Å². The van der Waals surface area contributed by atoms with E-state index in [-0.39, 0.29) is 17.3 Å². The average molecular weight is 405 g/mol. The first-order valence-corrected chi connectivity index (χ1v) is 8.93. The Bertz CT molecular complexity index is 988. The van der Waals surface area contributed by atoms with Crippen molar-refractivity contribution in [3.8, 4) is 16.3 Å². The van der Waals surface area contributed by atoms with E-state index in [0.29, 0.717) is 17.0 Å². The first-order chi connectivity index (χ1) is 13.0. The standard InChI is InChI=1S/C18H13ClN2O5S/c1-25-18(22)12-4-2-11(3-5-12)17-20-13(10-27-17)9-26-16-7-6-14(21(23)24)8-15(16)19/h2-8,10H,9H2,1H3. The number of carbonyl (C=O) groups excluding carboxylic acids is 1. The van der Waals surface area contributed by atoms with Crippen molar-refractivity contribution in [3.05, 3.63) is 74.2 Å². The second-order valence-electron chi connectivity index (χ2n) is 5.37. The fourth-order valence-electron chi connectivity index (χ4n) is 2.24. The van der Waals surface area contributed by atoms with Gasteiger partial charge in [-0.1, -0.05) is 23.7 Å². The number of methoxy groups -OCH3 is 1. The Morgan fingerprint density at radius 1 is 1.26 bits per heavy atom. The number of benzene rings is 2. The lowest BCUT2D eigenvalue weighted by molar-refractivity contribution is -0.384. The molecule has 0 radical (unpaired) electrons. The largest absolute Gasteiger partial charge is 0.486 e. The highest BCUT2D eigenvalue weighted by molar-refractivity contribution is 7.13. The normalized spacial score (nSPS) is 10.4. The number of nitro benzene ring substituents is 1. The summed E-state index contributed by atoms with van der Waals surface area (Å²) in [5.41, 5.74) is 1.93. The minimum absolute atomic E-state index is 0.0984. The summed E-state index contributed by atoms with van der Waals surface area (Å²) in [7, 11) is 1.33. The van der Waals surface area contributed by atoms with Crippen molar-refractivity contribution >= 4 is 34.6 Å². The summed E-state index contributed by atoms with van der Waals surface area (Å²) < 4.78 is 10.3. The van der Waals surface area contributed by atoms with E-state index in [0.717, 1.165) is 10.6 Å². The molecule has 0 saturated heterocycles. The minimum Gasteiger partial charge on any atom is -0.486 e. The van der Waals surface area contributed by atoms with Gasteiger partial charge in [-0.25, -0.2) is 9.78 Å². The van der Waals surface area contributed by atoms with Gasteiger partial charge in [-0.05, 0) is 18.2 Å². The number of nitrogens with zero attached hydrogens (tertiary/aromatic N) is 2. The molecule has 0 fully saturated rings. The average Bonchev–Trinajstić information content (AvgIpc) is 3.15. The third-order valence-corrected chi connectivity index (χ3v) is 4.84. The van der Waals surface area contributed by atoms with Gasteiger partial charge in [0.1, 0.15) is 17.4 Å². The summed E-state index contributed by atoms with van der Waals surface area (Å²) in [5, 5.41) is 13.5. The SMILES string of the molecule is COC(=O)c1ccc(-c2nc(COc3ccc([N+](=O)[O-])cc3Cl)cs2)cc1. The van der Waals surface area contributed by atoms with Crippen molar-refractivity contribution in [2.45, 2.75) is 6.61 Å². The lowest BCUT2D eigenvalue weighted by Crippen LogP contribution is -2.00. The lowest BCUT2D eigenvalue weighted by atomic mass is 10.1. The molecule has 27 heavy (non-hydrogen) atoms. The Hall–Kier alpha value is -2.97. The monoisotopic (exact) mass is 404 g/mol. The summed E-state index contributed by atoms with van der Waals surface area (Å²) in [5.74, 6) is -0.0472. The second kappa shape index (κ2) is 8.15. The smallest absolute Gasteiger partial charge is 0.337 e. The molecule has 0 spiro atoms. The molecule has 0 amide bonds. The van der Waals surface area contributed by atoms with Gasteiger partial charge in [0.05, 0.1) is 28.3 Å². The zero-order valence-corrected chi connectivity index (χ0v) is 15.6. The Kier molecular flexibility index (Phi) is 5.68. The first-order valence-electron chi connectivity index (χ1n) is 7.68. The van der Waals surface area contributed by atoms with Crippen molar-refractivity contribution in [3.63, 3.8) is 0 Å². The maximum absolute atomic E-state index is 11.5. The lowest BCUT2D eigenvalue weighted by Gasteiger charge is -2.06. The molecule has 3 aromatic rings. The number of hydrogen-bond donors (Lipinski definition) is 0. The number of halogens is 1. The van der Waals surface area contributed by atoms with Gasteiger partial charge in [0, 0.05) is 23.1 Å². The van der Waals surface area contributed by atoms with Crippen molar-refractivity contribution in [2.75, 3.05) is 7.11 Å².